The van der Waals surface area contributed by atoms with Gasteiger partial charge in [0.25, 0.3) is 0 Å². The van der Waals surface area contributed by atoms with Crippen molar-refractivity contribution in [3.63, 3.8) is 0 Å². The van der Waals surface area contributed by atoms with Crippen LogP contribution in [0.15, 0.2) is 22.7 Å². The Kier molecular flexibility index (Phi) is 3.12. The smallest absolute Gasteiger partial charge is 0.125 e. The van der Waals surface area contributed by atoms with Crippen LogP contribution < -0.4 is 10.5 Å². The maximum Gasteiger partial charge on any atom is 0.125 e. The number of hydrogen-bond acceptors (Lipinski definition) is 3. The molecule has 2 atom stereocenters. The van der Waals surface area contributed by atoms with Crippen molar-refractivity contribution < 1.29 is 4.74 Å². The maximum absolute atomic E-state index is 6.35. The highest BCUT2D eigenvalue weighted by Crippen LogP contribution is 2.43. The minimum Gasteiger partial charge on any atom is -0.486 e. The van der Waals surface area contributed by atoms with Gasteiger partial charge in [-0.1, -0.05) is 15.9 Å². The number of fused-ring (bicyclic) bond motifs is 1. The Hall–Kier alpha value is -0.580. The summed E-state index contributed by atoms with van der Waals surface area (Å²) in [6.45, 7) is 2.14. The van der Waals surface area contributed by atoms with Gasteiger partial charge in [0, 0.05) is 29.0 Å². The van der Waals surface area contributed by atoms with Gasteiger partial charge in [-0.2, -0.15) is 0 Å². The zero-order valence-corrected chi connectivity index (χ0v) is 12.2. The van der Waals surface area contributed by atoms with Crippen LogP contribution in [0.1, 0.15) is 30.9 Å². The first-order chi connectivity index (χ1) is 8.58. The summed E-state index contributed by atoms with van der Waals surface area (Å²) in [5.74, 6) is 0.965. The van der Waals surface area contributed by atoms with Crippen molar-refractivity contribution in [3.05, 3.63) is 28.2 Å². The lowest BCUT2D eigenvalue weighted by Crippen LogP contribution is -2.53. The lowest BCUT2D eigenvalue weighted by atomic mass is 9.82. The fourth-order valence-corrected chi connectivity index (χ4v) is 3.64. The van der Waals surface area contributed by atoms with Gasteiger partial charge >= 0.3 is 0 Å². The number of hydrogen-bond donors (Lipinski definition) is 1. The number of halogens is 1. The van der Waals surface area contributed by atoms with Crippen LogP contribution in [0.3, 0.4) is 0 Å². The van der Waals surface area contributed by atoms with E-state index >= 15 is 0 Å². The van der Waals surface area contributed by atoms with Crippen LogP contribution >= 0.6 is 15.9 Å². The van der Waals surface area contributed by atoms with E-state index in [1.807, 2.05) is 12.1 Å². The molecule has 0 aromatic heterocycles. The van der Waals surface area contributed by atoms with Gasteiger partial charge in [-0.25, -0.2) is 0 Å². The number of ether oxygens (including phenoxy) is 1. The van der Waals surface area contributed by atoms with E-state index in [0.717, 1.165) is 41.7 Å². The molecule has 1 saturated heterocycles. The molecule has 3 nitrogen and oxygen atoms in total. The zero-order valence-electron chi connectivity index (χ0n) is 10.7. The molecule has 1 unspecified atom stereocenters. The molecular formula is C14H19BrN2O. The van der Waals surface area contributed by atoms with Gasteiger partial charge in [-0.15, -0.1) is 0 Å². The number of likely N-dealkylation sites (N-methyl/N-ethyl adjacent to an activating group) is 1. The van der Waals surface area contributed by atoms with E-state index in [1.165, 1.54) is 6.42 Å². The summed E-state index contributed by atoms with van der Waals surface area (Å²) in [6.07, 6.45) is 3.22. The van der Waals surface area contributed by atoms with Crippen LogP contribution in [0, 0.1) is 0 Å². The Morgan fingerprint density at radius 3 is 3.11 bits per heavy atom. The molecule has 0 aliphatic carbocycles. The summed E-state index contributed by atoms with van der Waals surface area (Å²) < 4.78 is 7.38. The maximum atomic E-state index is 6.35. The second-order valence-electron chi connectivity index (χ2n) is 5.62. The predicted octanol–water partition coefficient (Wildman–Crippen LogP) is 2.70. The third kappa shape index (κ3) is 2.17. The molecule has 18 heavy (non-hydrogen) atoms. The first-order valence-corrected chi connectivity index (χ1v) is 7.30. The number of rotatable bonds is 0. The summed E-state index contributed by atoms with van der Waals surface area (Å²) in [6, 6.07) is 6.23. The fraction of sp³-hybridized carbons (Fsp3) is 0.571. The van der Waals surface area contributed by atoms with E-state index in [4.69, 9.17) is 10.5 Å². The number of benzene rings is 1. The first kappa shape index (κ1) is 12.5. The van der Waals surface area contributed by atoms with Gasteiger partial charge in [0.1, 0.15) is 11.4 Å². The molecule has 1 aromatic rings. The standard InChI is InChI=1S/C14H19BrN2O/c1-17-6-2-5-14(9-17)8-12(16)11-7-10(15)3-4-13(11)18-14/h3-4,7,12H,2,5-6,8-9,16H2,1H3/t12-,14?/m1/s1. The van der Waals surface area contributed by atoms with Crippen LogP contribution in [0.4, 0.5) is 0 Å². The van der Waals surface area contributed by atoms with Crippen LogP contribution in [-0.4, -0.2) is 30.6 Å². The minimum atomic E-state index is -0.0761. The molecule has 0 radical (unpaired) electrons. The zero-order chi connectivity index (χ0) is 12.8. The van der Waals surface area contributed by atoms with Gasteiger partial charge in [-0.05, 0) is 44.6 Å². The van der Waals surface area contributed by atoms with Crippen molar-refractivity contribution in [2.75, 3.05) is 20.1 Å². The Balaban J connectivity index is 1.93. The normalized spacial score (nSPS) is 32.1. The predicted molar refractivity (Wildman–Crippen MR) is 75.8 cm³/mol. The molecule has 3 rings (SSSR count). The molecule has 98 valence electrons. The number of likely N-dealkylation sites (tertiary alicyclic amines) is 1. The average molecular weight is 311 g/mol. The quantitative estimate of drug-likeness (QED) is 0.800. The minimum absolute atomic E-state index is 0.0761. The van der Waals surface area contributed by atoms with Gasteiger partial charge < -0.3 is 15.4 Å². The monoisotopic (exact) mass is 310 g/mol. The lowest BCUT2D eigenvalue weighted by Gasteiger charge is -2.46. The van der Waals surface area contributed by atoms with E-state index in [2.05, 4.69) is 33.9 Å². The van der Waals surface area contributed by atoms with Crippen molar-refractivity contribution >= 4 is 15.9 Å². The Morgan fingerprint density at radius 1 is 1.50 bits per heavy atom. The molecule has 2 heterocycles. The van der Waals surface area contributed by atoms with Crippen molar-refractivity contribution in [3.8, 4) is 5.75 Å². The fourth-order valence-electron chi connectivity index (χ4n) is 3.26. The largest absolute Gasteiger partial charge is 0.486 e. The second-order valence-corrected chi connectivity index (χ2v) is 6.53. The summed E-state index contributed by atoms with van der Waals surface area (Å²) >= 11 is 3.50. The molecule has 1 spiro atoms. The molecule has 2 aliphatic rings. The Labute approximate surface area is 116 Å². The summed E-state index contributed by atoms with van der Waals surface area (Å²) in [5, 5.41) is 0. The molecule has 2 N–H and O–H groups in total. The van der Waals surface area contributed by atoms with Gasteiger partial charge in [-0.3, -0.25) is 0 Å². The highest BCUT2D eigenvalue weighted by atomic mass is 79.9. The molecule has 0 bridgehead atoms. The molecule has 0 amide bonds. The Bertz CT molecular complexity index is 465. The highest BCUT2D eigenvalue weighted by molar-refractivity contribution is 9.10. The van der Waals surface area contributed by atoms with Crippen LogP contribution in [0.2, 0.25) is 0 Å². The molecule has 1 aromatic carbocycles. The SMILES string of the molecule is CN1CCCC2(C[C@@H](N)c3cc(Br)ccc3O2)C1. The van der Waals surface area contributed by atoms with Gasteiger partial charge in [0.05, 0.1) is 0 Å². The molecule has 1 fully saturated rings. The summed E-state index contributed by atoms with van der Waals surface area (Å²) in [7, 11) is 2.16. The van der Waals surface area contributed by atoms with Crippen molar-refractivity contribution in [2.45, 2.75) is 30.9 Å². The van der Waals surface area contributed by atoms with E-state index in [9.17, 15) is 0 Å². The van der Waals surface area contributed by atoms with Gasteiger partial charge in [0.2, 0.25) is 0 Å². The Morgan fingerprint density at radius 2 is 2.33 bits per heavy atom. The van der Waals surface area contributed by atoms with Crippen molar-refractivity contribution in [2.24, 2.45) is 5.73 Å². The topological polar surface area (TPSA) is 38.5 Å². The van der Waals surface area contributed by atoms with E-state index in [1.54, 1.807) is 0 Å². The number of piperidine rings is 1. The van der Waals surface area contributed by atoms with Crippen LogP contribution in [-0.2, 0) is 0 Å². The molecule has 0 saturated carbocycles. The molecule has 2 aliphatic heterocycles. The highest BCUT2D eigenvalue weighted by Gasteiger charge is 2.42. The summed E-state index contributed by atoms with van der Waals surface area (Å²) in [4.78, 5) is 2.35. The van der Waals surface area contributed by atoms with Crippen molar-refractivity contribution in [1.29, 1.82) is 0 Å². The number of nitrogens with two attached hydrogens (primary N) is 1. The van der Waals surface area contributed by atoms with Gasteiger partial charge in [0.15, 0.2) is 0 Å². The first-order valence-electron chi connectivity index (χ1n) is 6.51. The lowest BCUT2D eigenvalue weighted by molar-refractivity contribution is -0.0234. The average Bonchev–Trinajstić information content (AvgIpc) is 2.30. The van der Waals surface area contributed by atoms with Crippen molar-refractivity contribution in [1.82, 2.24) is 4.90 Å². The number of nitrogens with zero attached hydrogens (tertiary/aromatic N) is 1. The molecule has 4 heteroatoms. The van der Waals surface area contributed by atoms with E-state index in [-0.39, 0.29) is 11.6 Å². The van der Waals surface area contributed by atoms with E-state index < -0.39 is 0 Å². The van der Waals surface area contributed by atoms with E-state index in [0.29, 0.717) is 0 Å². The van der Waals surface area contributed by atoms with Crippen LogP contribution in [0.25, 0.3) is 0 Å². The summed E-state index contributed by atoms with van der Waals surface area (Å²) in [5.41, 5.74) is 7.40. The third-order valence-electron chi connectivity index (χ3n) is 4.02. The van der Waals surface area contributed by atoms with Crippen LogP contribution in [0.5, 0.6) is 5.75 Å². The third-order valence-corrected chi connectivity index (χ3v) is 4.51. The molecular weight excluding hydrogens is 292 g/mol. The second kappa shape index (κ2) is 4.51.